The van der Waals surface area contributed by atoms with E-state index in [1.54, 1.807) is 0 Å². The third kappa shape index (κ3) is 5.03. The molecule has 0 aromatic carbocycles. The molecular weight excluding hydrogens is 318 g/mol. The van der Waals surface area contributed by atoms with Crippen molar-refractivity contribution in [2.75, 3.05) is 46.3 Å². The summed E-state index contributed by atoms with van der Waals surface area (Å²) in [6.07, 6.45) is 4.02. The van der Waals surface area contributed by atoms with Gasteiger partial charge in [0, 0.05) is 63.6 Å². The average molecular weight is 349 g/mol. The van der Waals surface area contributed by atoms with Crippen LogP contribution in [-0.2, 0) is 11.3 Å². The minimum Gasteiger partial charge on any atom is -0.481 e. The molecule has 2 aliphatic rings. The van der Waals surface area contributed by atoms with E-state index < -0.39 is 5.97 Å². The maximum absolute atomic E-state index is 11.1. The quantitative estimate of drug-likeness (QED) is 0.799. The number of rotatable bonds is 6. The van der Waals surface area contributed by atoms with E-state index in [1.807, 2.05) is 13.1 Å². The molecule has 0 aliphatic carbocycles. The molecule has 25 heavy (non-hydrogen) atoms. The number of likely N-dealkylation sites (N-methyl/N-ethyl adjacent to an activating group) is 1. The van der Waals surface area contributed by atoms with Crippen LogP contribution in [0.5, 0.6) is 0 Å². The number of hydrogen-bond donors (Lipinski definition) is 2. The van der Waals surface area contributed by atoms with Gasteiger partial charge in [-0.15, -0.1) is 0 Å². The van der Waals surface area contributed by atoms with Gasteiger partial charge in [0.2, 0.25) is 0 Å². The topological polar surface area (TPSA) is 75.7 Å². The monoisotopic (exact) mass is 349 g/mol. The Morgan fingerprint density at radius 1 is 1.32 bits per heavy atom. The van der Waals surface area contributed by atoms with Crippen LogP contribution in [0.2, 0.25) is 0 Å². The summed E-state index contributed by atoms with van der Waals surface area (Å²) in [5, 5.41) is 9.13. The van der Waals surface area contributed by atoms with Gasteiger partial charge in [0.15, 0.2) is 0 Å². The van der Waals surface area contributed by atoms with E-state index in [2.05, 4.69) is 31.7 Å². The van der Waals surface area contributed by atoms with E-state index in [9.17, 15) is 4.79 Å². The maximum atomic E-state index is 11.1. The van der Waals surface area contributed by atoms with Gasteiger partial charge in [-0.1, -0.05) is 0 Å². The van der Waals surface area contributed by atoms with Gasteiger partial charge in [-0.25, -0.2) is 4.98 Å². The number of piperidine rings is 1. The third-order valence-corrected chi connectivity index (χ3v) is 5.64. The van der Waals surface area contributed by atoms with Crippen molar-refractivity contribution in [1.82, 2.24) is 24.7 Å². The highest BCUT2D eigenvalue weighted by Crippen LogP contribution is 2.27. The Bertz CT molecular complexity index is 568. The third-order valence-electron chi connectivity index (χ3n) is 5.64. The SMILES string of the molecule is Cc1cnc(CN2CC[C@@H](N3CCN(C)CC3)[C@@H](CCC(=O)O)C2)[nH]1. The molecule has 1 aromatic rings. The van der Waals surface area contributed by atoms with E-state index in [-0.39, 0.29) is 6.42 Å². The van der Waals surface area contributed by atoms with Crippen LogP contribution in [0.1, 0.15) is 30.8 Å². The van der Waals surface area contributed by atoms with Crippen molar-refractivity contribution in [3.05, 3.63) is 17.7 Å². The predicted octanol–water partition coefficient (Wildman–Crippen LogP) is 1.02. The molecule has 7 heteroatoms. The van der Waals surface area contributed by atoms with Gasteiger partial charge < -0.3 is 15.0 Å². The summed E-state index contributed by atoms with van der Waals surface area (Å²) in [6, 6.07) is 0.516. The largest absolute Gasteiger partial charge is 0.481 e. The summed E-state index contributed by atoms with van der Waals surface area (Å²) < 4.78 is 0. The molecule has 0 bridgehead atoms. The van der Waals surface area contributed by atoms with Crippen LogP contribution in [0.15, 0.2) is 6.20 Å². The zero-order valence-corrected chi connectivity index (χ0v) is 15.4. The van der Waals surface area contributed by atoms with Gasteiger partial charge in [-0.3, -0.25) is 14.6 Å². The van der Waals surface area contributed by atoms with Crippen LogP contribution in [0, 0.1) is 12.8 Å². The maximum Gasteiger partial charge on any atom is 0.303 e. The van der Waals surface area contributed by atoms with Crippen molar-refractivity contribution < 1.29 is 9.90 Å². The molecule has 2 saturated heterocycles. The van der Waals surface area contributed by atoms with Crippen LogP contribution < -0.4 is 0 Å². The van der Waals surface area contributed by atoms with Crippen LogP contribution in [0.4, 0.5) is 0 Å². The molecule has 2 atom stereocenters. The average Bonchev–Trinajstić information content (AvgIpc) is 2.99. The summed E-state index contributed by atoms with van der Waals surface area (Å²) in [7, 11) is 2.17. The van der Waals surface area contributed by atoms with Crippen LogP contribution >= 0.6 is 0 Å². The smallest absolute Gasteiger partial charge is 0.303 e. The van der Waals surface area contributed by atoms with Crippen molar-refractivity contribution in [3.8, 4) is 0 Å². The van der Waals surface area contributed by atoms with E-state index >= 15 is 0 Å². The van der Waals surface area contributed by atoms with Crippen LogP contribution in [0.3, 0.4) is 0 Å². The molecule has 7 nitrogen and oxygen atoms in total. The Labute approximate surface area is 150 Å². The number of H-pyrrole nitrogens is 1. The number of aromatic nitrogens is 2. The van der Waals surface area contributed by atoms with Gasteiger partial charge in [-0.05, 0) is 32.7 Å². The number of imidazole rings is 1. The first-order valence-corrected chi connectivity index (χ1v) is 9.38. The number of carboxylic acid groups (broad SMARTS) is 1. The molecule has 0 spiro atoms. The van der Waals surface area contributed by atoms with Crippen molar-refractivity contribution in [2.24, 2.45) is 5.92 Å². The molecule has 0 radical (unpaired) electrons. The van der Waals surface area contributed by atoms with Gasteiger partial charge in [0.25, 0.3) is 0 Å². The molecular formula is C18H31N5O2. The summed E-state index contributed by atoms with van der Waals surface area (Å²) in [4.78, 5) is 26.2. The molecule has 3 rings (SSSR count). The zero-order chi connectivity index (χ0) is 17.8. The second-order valence-electron chi connectivity index (χ2n) is 7.64. The fourth-order valence-corrected chi connectivity index (χ4v) is 4.22. The number of nitrogens with one attached hydrogen (secondary N) is 1. The highest BCUT2D eigenvalue weighted by molar-refractivity contribution is 5.66. The van der Waals surface area contributed by atoms with Crippen LogP contribution in [-0.4, -0.2) is 88.1 Å². The number of hydrogen-bond acceptors (Lipinski definition) is 5. The lowest BCUT2D eigenvalue weighted by atomic mass is 9.86. The lowest BCUT2D eigenvalue weighted by Crippen LogP contribution is -2.56. The van der Waals surface area contributed by atoms with Gasteiger partial charge in [0.05, 0.1) is 6.54 Å². The molecule has 0 amide bonds. The van der Waals surface area contributed by atoms with E-state index in [1.165, 1.54) is 0 Å². The number of aromatic amines is 1. The van der Waals surface area contributed by atoms with Gasteiger partial charge >= 0.3 is 5.97 Å². The predicted molar refractivity (Wildman–Crippen MR) is 96.4 cm³/mol. The number of carbonyl (C=O) groups is 1. The van der Waals surface area contributed by atoms with Crippen molar-refractivity contribution in [2.45, 2.75) is 38.8 Å². The number of nitrogens with zero attached hydrogens (tertiary/aromatic N) is 4. The van der Waals surface area contributed by atoms with Crippen molar-refractivity contribution in [3.63, 3.8) is 0 Å². The molecule has 2 aliphatic heterocycles. The molecule has 3 heterocycles. The molecule has 1 aromatic heterocycles. The number of likely N-dealkylation sites (tertiary alicyclic amines) is 1. The minimum absolute atomic E-state index is 0.266. The Kier molecular flexibility index (Phi) is 6.09. The van der Waals surface area contributed by atoms with Crippen LogP contribution in [0.25, 0.3) is 0 Å². The minimum atomic E-state index is -0.684. The standard InChI is InChI=1S/C18H31N5O2/c1-14-11-19-17(20-14)13-22-6-5-16(15(12-22)3-4-18(24)25)23-9-7-21(2)8-10-23/h11,15-16H,3-10,12-13H2,1-2H3,(H,19,20)(H,24,25)/t15-,16+/m0/s1. The molecule has 0 saturated carbocycles. The summed E-state index contributed by atoms with van der Waals surface area (Å²) >= 11 is 0. The van der Waals surface area contributed by atoms with Gasteiger partial charge in [-0.2, -0.15) is 0 Å². The summed E-state index contributed by atoms with van der Waals surface area (Å²) in [6.45, 7) is 9.28. The second-order valence-corrected chi connectivity index (χ2v) is 7.64. The first kappa shape index (κ1) is 18.4. The fraction of sp³-hybridized carbons (Fsp3) is 0.778. The van der Waals surface area contributed by atoms with E-state index in [0.29, 0.717) is 12.0 Å². The molecule has 2 N–H and O–H groups in total. The number of aliphatic carboxylic acids is 1. The Hall–Kier alpha value is -1.44. The highest BCUT2D eigenvalue weighted by atomic mass is 16.4. The first-order chi connectivity index (χ1) is 12.0. The molecule has 2 fully saturated rings. The Morgan fingerprint density at radius 2 is 2.08 bits per heavy atom. The van der Waals surface area contributed by atoms with Gasteiger partial charge in [0.1, 0.15) is 5.82 Å². The first-order valence-electron chi connectivity index (χ1n) is 9.38. The van der Waals surface area contributed by atoms with E-state index in [0.717, 1.165) is 70.2 Å². The highest BCUT2D eigenvalue weighted by Gasteiger charge is 2.34. The number of carboxylic acids is 1. The number of aryl methyl sites for hydroxylation is 1. The Morgan fingerprint density at radius 3 is 2.72 bits per heavy atom. The van der Waals surface area contributed by atoms with Crippen molar-refractivity contribution >= 4 is 5.97 Å². The number of piperazine rings is 1. The lowest BCUT2D eigenvalue weighted by Gasteiger charge is -2.46. The molecule has 140 valence electrons. The summed E-state index contributed by atoms with van der Waals surface area (Å²) in [5.41, 5.74) is 1.09. The second kappa shape index (κ2) is 8.29. The normalized spacial score (nSPS) is 26.8. The Balaban J connectivity index is 1.61. The fourth-order valence-electron chi connectivity index (χ4n) is 4.22. The van der Waals surface area contributed by atoms with E-state index in [4.69, 9.17) is 5.11 Å². The lowest BCUT2D eigenvalue weighted by molar-refractivity contribution is -0.137. The van der Waals surface area contributed by atoms with Crippen molar-refractivity contribution in [1.29, 1.82) is 0 Å². The zero-order valence-electron chi connectivity index (χ0n) is 15.4. The molecule has 0 unspecified atom stereocenters. The summed E-state index contributed by atoms with van der Waals surface area (Å²) in [5.74, 6) is 0.743.